The van der Waals surface area contributed by atoms with E-state index in [9.17, 15) is 9.18 Å². The highest BCUT2D eigenvalue weighted by Gasteiger charge is 2.11. The Morgan fingerprint density at radius 2 is 1.96 bits per heavy atom. The third kappa shape index (κ3) is 4.00. The Kier molecular flexibility index (Phi) is 5.24. The van der Waals surface area contributed by atoms with Crippen LogP contribution in [0.15, 0.2) is 60.8 Å². The van der Waals surface area contributed by atoms with Crippen LogP contribution in [-0.4, -0.2) is 15.7 Å². The number of aryl methyl sites for hydroxylation is 2. The molecule has 0 aliphatic carbocycles. The molecular formula is C18H15FIN3O. The van der Waals surface area contributed by atoms with Crippen molar-refractivity contribution in [2.24, 2.45) is 0 Å². The van der Waals surface area contributed by atoms with Crippen LogP contribution < -0.4 is 5.32 Å². The van der Waals surface area contributed by atoms with Gasteiger partial charge in [-0.2, -0.15) is 5.10 Å². The highest BCUT2D eigenvalue weighted by atomic mass is 127. The van der Waals surface area contributed by atoms with Crippen molar-refractivity contribution in [3.8, 4) is 0 Å². The van der Waals surface area contributed by atoms with Crippen LogP contribution in [0.1, 0.15) is 15.9 Å². The molecule has 1 heterocycles. The van der Waals surface area contributed by atoms with Crippen LogP contribution in [-0.2, 0) is 13.0 Å². The number of carbonyl (C=O) groups excluding carboxylic acids is 1. The first-order valence-electron chi connectivity index (χ1n) is 7.45. The summed E-state index contributed by atoms with van der Waals surface area (Å²) in [4.78, 5) is 12.3. The average molecular weight is 435 g/mol. The second kappa shape index (κ2) is 7.57. The maximum Gasteiger partial charge on any atom is 0.256 e. The van der Waals surface area contributed by atoms with Gasteiger partial charge in [0.2, 0.25) is 0 Å². The highest BCUT2D eigenvalue weighted by Crippen LogP contribution is 2.15. The van der Waals surface area contributed by atoms with Gasteiger partial charge in [0.05, 0.1) is 6.20 Å². The maximum atomic E-state index is 13.6. The average Bonchev–Trinajstić information content (AvgIpc) is 3.03. The standard InChI is InChI=1S/C18H15FIN3O/c19-15-12-14(6-7-16(15)20)18(24)22-17-8-10-21-23(17)11-9-13-4-2-1-3-5-13/h1-8,10,12H,9,11H2,(H,22,24). The number of carbonyl (C=O) groups is 1. The van der Waals surface area contributed by atoms with Gasteiger partial charge in [0, 0.05) is 21.7 Å². The minimum Gasteiger partial charge on any atom is -0.307 e. The number of amides is 1. The lowest BCUT2D eigenvalue weighted by atomic mass is 10.1. The molecule has 3 aromatic rings. The molecule has 0 spiro atoms. The summed E-state index contributed by atoms with van der Waals surface area (Å²) in [5, 5.41) is 7.02. The fourth-order valence-corrected chi connectivity index (χ4v) is 2.66. The zero-order valence-corrected chi connectivity index (χ0v) is 14.9. The summed E-state index contributed by atoms with van der Waals surface area (Å²) < 4.78 is 15.8. The van der Waals surface area contributed by atoms with Crippen molar-refractivity contribution in [3.05, 3.63) is 81.3 Å². The van der Waals surface area contributed by atoms with Crippen LogP contribution in [0.4, 0.5) is 10.2 Å². The first kappa shape index (κ1) is 16.6. The van der Waals surface area contributed by atoms with E-state index in [-0.39, 0.29) is 11.5 Å². The summed E-state index contributed by atoms with van der Waals surface area (Å²) in [6.07, 6.45) is 2.44. The molecular weight excluding hydrogens is 420 g/mol. The summed E-state index contributed by atoms with van der Waals surface area (Å²) >= 11 is 1.89. The Balaban J connectivity index is 1.68. The van der Waals surface area contributed by atoms with Crippen LogP contribution in [0.5, 0.6) is 0 Å². The molecule has 122 valence electrons. The predicted octanol–water partition coefficient (Wildman–Crippen LogP) is 4.12. The number of hydrogen-bond acceptors (Lipinski definition) is 2. The monoisotopic (exact) mass is 435 g/mol. The SMILES string of the molecule is O=C(Nc1ccnn1CCc1ccccc1)c1ccc(I)c(F)c1. The van der Waals surface area contributed by atoms with Gasteiger partial charge in [-0.1, -0.05) is 30.3 Å². The quantitative estimate of drug-likeness (QED) is 0.613. The molecule has 0 unspecified atom stereocenters. The molecule has 0 fully saturated rings. The third-order valence-corrected chi connectivity index (χ3v) is 4.47. The second-order valence-corrected chi connectivity index (χ2v) is 6.42. The fourth-order valence-electron chi connectivity index (χ4n) is 2.32. The van der Waals surface area contributed by atoms with Crippen molar-refractivity contribution in [1.82, 2.24) is 9.78 Å². The van der Waals surface area contributed by atoms with Gasteiger partial charge in [-0.3, -0.25) is 4.79 Å². The van der Waals surface area contributed by atoms with Crippen molar-refractivity contribution < 1.29 is 9.18 Å². The molecule has 6 heteroatoms. The molecule has 0 bridgehead atoms. The molecule has 1 N–H and O–H groups in total. The maximum absolute atomic E-state index is 13.6. The Bertz CT molecular complexity index is 848. The molecule has 0 saturated carbocycles. The van der Waals surface area contributed by atoms with Crippen molar-refractivity contribution in [1.29, 1.82) is 0 Å². The van der Waals surface area contributed by atoms with E-state index in [4.69, 9.17) is 0 Å². The number of aromatic nitrogens is 2. The second-order valence-electron chi connectivity index (χ2n) is 5.26. The third-order valence-electron chi connectivity index (χ3n) is 3.60. The van der Waals surface area contributed by atoms with E-state index in [2.05, 4.69) is 22.5 Å². The number of nitrogens with zero attached hydrogens (tertiary/aromatic N) is 2. The number of anilines is 1. The van der Waals surface area contributed by atoms with Crippen LogP contribution >= 0.6 is 22.6 Å². The molecule has 2 aromatic carbocycles. The normalized spacial score (nSPS) is 10.6. The zero-order chi connectivity index (χ0) is 16.9. The van der Waals surface area contributed by atoms with Gasteiger partial charge in [0.15, 0.2) is 0 Å². The molecule has 4 nitrogen and oxygen atoms in total. The molecule has 1 amide bonds. The molecule has 3 rings (SSSR count). The summed E-state index contributed by atoms with van der Waals surface area (Å²) in [7, 11) is 0. The Morgan fingerprint density at radius 1 is 1.17 bits per heavy atom. The lowest BCUT2D eigenvalue weighted by Crippen LogP contribution is -2.16. The lowest BCUT2D eigenvalue weighted by Gasteiger charge is -2.09. The van der Waals surface area contributed by atoms with Crippen LogP contribution in [0.2, 0.25) is 0 Å². The van der Waals surface area contributed by atoms with Gasteiger partial charge in [0.25, 0.3) is 5.91 Å². The van der Waals surface area contributed by atoms with Crippen molar-refractivity contribution in [2.75, 3.05) is 5.32 Å². The van der Waals surface area contributed by atoms with Crippen molar-refractivity contribution in [3.63, 3.8) is 0 Å². The molecule has 0 aliphatic rings. The van der Waals surface area contributed by atoms with Gasteiger partial charge < -0.3 is 5.32 Å². The topological polar surface area (TPSA) is 46.9 Å². The van der Waals surface area contributed by atoms with E-state index in [1.54, 1.807) is 29.1 Å². The van der Waals surface area contributed by atoms with Crippen molar-refractivity contribution >= 4 is 34.3 Å². The van der Waals surface area contributed by atoms with E-state index in [1.807, 2.05) is 40.8 Å². The number of rotatable bonds is 5. The highest BCUT2D eigenvalue weighted by molar-refractivity contribution is 14.1. The van der Waals surface area contributed by atoms with E-state index < -0.39 is 5.82 Å². The summed E-state index contributed by atoms with van der Waals surface area (Å²) in [5.41, 5.74) is 1.48. The minimum absolute atomic E-state index is 0.281. The summed E-state index contributed by atoms with van der Waals surface area (Å²) in [6, 6.07) is 16.2. The van der Waals surface area contributed by atoms with E-state index in [1.165, 1.54) is 11.6 Å². The van der Waals surface area contributed by atoms with E-state index in [0.717, 1.165) is 6.42 Å². The number of halogens is 2. The number of nitrogens with one attached hydrogen (secondary N) is 1. The van der Waals surface area contributed by atoms with Gasteiger partial charge in [0.1, 0.15) is 11.6 Å². The fraction of sp³-hybridized carbons (Fsp3) is 0.111. The molecule has 0 saturated heterocycles. The van der Waals surface area contributed by atoms with Crippen LogP contribution in [0.3, 0.4) is 0 Å². The van der Waals surface area contributed by atoms with Crippen molar-refractivity contribution in [2.45, 2.75) is 13.0 Å². The van der Waals surface area contributed by atoms with E-state index in [0.29, 0.717) is 15.9 Å². The first-order chi connectivity index (χ1) is 11.6. The van der Waals surface area contributed by atoms with Crippen LogP contribution in [0, 0.1) is 9.39 Å². The molecule has 24 heavy (non-hydrogen) atoms. The summed E-state index contributed by atoms with van der Waals surface area (Å²) in [6.45, 7) is 0.647. The van der Waals surface area contributed by atoms with Gasteiger partial charge in [-0.15, -0.1) is 0 Å². The largest absolute Gasteiger partial charge is 0.307 e. The van der Waals surface area contributed by atoms with Gasteiger partial charge >= 0.3 is 0 Å². The molecule has 0 radical (unpaired) electrons. The smallest absolute Gasteiger partial charge is 0.256 e. The lowest BCUT2D eigenvalue weighted by molar-refractivity contribution is 0.102. The first-order valence-corrected chi connectivity index (χ1v) is 8.53. The summed E-state index contributed by atoms with van der Waals surface area (Å²) in [5.74, 6) is -0.164. The zero-order valence-electron chi connectivity index (χ0n) is 12.7. The molecule has 0 atom stereocenters. The Hall–Kier alpha value is -2.22. The van der Waals surface area contributed by atoms with Gasteiger partial charge in [-0.05, 0) is 52.8 Å². The van der Waals surface area contributed by atoms with Gasteiger partial charge in [-0.25, -0.2) is 9.07 Å². The van der Waals surface area contributed by atoms with Crippen LogP contribution in [0.25, 0.3) is 0 Å². The molecule has 0 aliphatic heterocycles. The predicted molar refractivity (Wildman–Crippen MR) is 99.4 cm³/mol. The Labute approximate surface area is 152 Å². The Morgan fingerprint density at radius 3 is 2.71 bits per heavy atom. The minimum atomic E-state index is -0.402. The number of benzene rings is 2. The number of hydrogen-bond donors (Lipinski definition) is 1. The van der Waals surface area contributed by atoms with E-state index >= 15 is 0 Å². The molecule has 1 aromatic heterocycles.